The summed E-state index contributed by atoms with van der Waals surface area (Å²) in [5, 5.41) is 0. The summed E-state index contributed by atoms with van der Waals surface area (Å²) < 4.78 is 5.53. The van der Waals surface area contributed by atoms with Crippen molar-refractivity contribution in [2.75, 3.05) is 26.3 Å². The van der Waals surface area contributed by atoms with Gasteiger partial charge in [0.2, 0.25) is 0 Å². The van der Waals surface area contributed by atoms with Gasteiger partial charge in [-0.1, -0.05) is 56.2 Å². The molecule has 2 aliphatic rings. The smallest absolute Gasteiger partial charge is 0.111 e. The van der Waals surface area contributed by atoms with Crippen LogP contribution >= 0.6 is 0 Å². The van der Waals surface area contributed by atoms with Crippen molar-refractivity contribution in [3.63, 3.8) is 0 Å². The number of hydrogen-bond acceptors (Lipinski definition) is 4. The zero-order chi connectivity index (χ0) is 19.2. The van der Waals surface area contributed by atoms with Crippen LogP contribution in [0.15, 0.2) is 58.5 Å². The van der Waals surface area contributed by atoms with Crippen LogP contribution in [0.1, 0.15) is 43.7 Å². The van der Waals surface area contributed by atoms with Crippen LogP contribution in [-0.2, 0) is 11.2 Å². The van der Waals surface area contributed by atoms with E-state index in [1.165, 1.54) is 30.4 Å². The Morgan fingerprint density at radius 2 is 1.61 bits per heavy atom. The quantitative estimate of drug-likeness (QED) is 0.665. The lowest BCUT2D eigenvalue weighted by molar-refractivity contribution is 0.0676. The number of nitrogens with zero attached hydrogens (tertiary/aromatic N) is 3. The van der Waals surface area contributed by atoms with Crippen LogP contribution < -0.4 is 0 Å². The zero-order valence-corrected chi connectivity index (χ0v) is 16.7. The van der Waals surface area contributed by atoms with E-state index in [-0.39, 0.29) is 0 Å². The second-order valence-electron chi connectivity index (χ2n) is 7.51. The van der Waals surface area contributed by atoms with Gasteiger partial charge in [-0.15, -0.1) is 0 Å². The van der Waals surface area contributed by atoms with Crippen LogP contribution in [0.5, 0.6) is 0 Å². The lowest BCUT2D eigenvalue weighted by Crippen LogP contribution is -2.41. The molecule has 0 aromatic heterocycles. The molecule has 2 aromatic carbocycles. The average Bonchev–Trinajstić information content (AvgIpc) is 2.95. The number of morpholine rings is 1. The molecule has 1 fully saturated rings. The van der Waals surface area contributed by atoms with E-state index >= 15 is 0 Å². The van der Waals surface area contributed by atoms with Crippen molar-refractivity contribution in [1.82, 2.24) is 4.90 Å². The molecule has 0 radical (unpaired) electrons. The molecule has 0 aliphatic carbocycles. The molecule has 0 unspecified atom stereocenters. The fraction of sp³-hybridized carbons (Fsp3) is 0.417. The van der Waals surface area contributed by atoms with Gasteiger partial charge in [0.25, 0.3) is 0 Å². The van der Waals surface area contributed by atoms with E-state index in [1.807, 2.05) is 12.1 Å². The largest absolute Gasteiger partial charge is 0.378 e. The van der Waals surface area contributed by atoms with Crippen molar-refractivity contribution in [1.29, 1.82) is 0 Å². The standard InChI is InChI=1S/C24H29N3O/c1-2-3-4-7-19-10-12-20(13-11-19)23-18-24(27-14-16-28-17-15-27)26-22-9-6-5-8-21(22)25-23/h5-6,8-13H,2-4,7,14-18H2,1H3. The third-order valence-corrected chi connectivity index (χ3v) is 5.44. The molecule has 4 nitrogen and oxygen atoms in total. The summed E-state index contributed by atoms with van der Waals surface area (Å²) in [6.07, 6.45) is 5.73. The summed E-state index contributed by atoms with van der Waals surface area (Å²) in [5.41, 5.74) is 5.60. The maximum atomic E-state index is 5.53. The maximum absolute atomic E-state index is 5.53. The highest BCUT2D eigenvalue weighted by atomic mass is 16.5. The molecule has 0 spiro atoms. The van der Waals surface area contributed by atoms with E-state index in [2.05, 4.69) is 48.2 Å². The molecule has 2 aromatic rings. The van der Waals surface area contributed by atoms with E-state index in [1.54, 1.807) is 0 Å². The van der Waals surface area contributed by atoms with Crippen LogP contribution in [-0.4, -0.2) is 42.8 Å². The minimum absolute atomic E-state index is 0.754. The van der Waals surface area contributed by atoms with E-state index in [4.69, 9.17) is 14.7 Å². The van der Waals surface area contributed by atoms with E-state index < -0.39 is 0 Å². The topological polar surface area (TPSA) is 37.2 Å². The second kappa shape index (κ2) is 9.16. The van der Waals surface area contributed by atoms with Gasteiger partial charge in [0.05, 0.1) is 30.3 Å². The normalized spacial score (nSPS) is 16.8. The fourth-order valence-corrected chi connectivity index (χ4v) is 3.78. The highest BCUT2D eigenvalue weighted by Gasteiger charge is 2.21. The number of ether oxygens (including phenoxy) is 1. The minimum atomic E-state index is 0.754. The molecular weight excluding hydrogens is 346 g/mol. The number of aryl methyl sites for hydroxylation is 1. The SMILES string of the molecule is CCCCCc1ccc(C2=Nc3ccccc3N=C(N3CCOCC3)C2)cc1. The molecule has 4 rings (SSSR count). The molecule has 1 saturated heterocycles. The van der Waals surface area contributed by atoms with Crippen LogP contribution in [0.25, 0.3) is 0 Å². The third kappa shape index (κ3) is 4.50. The Labute approximate surface area is 168 Å². The molecule has 0 bridgehead atoms. The lowest BCUT2D eigenvalue weighted by Gasteiger charge is -2.29. The summed E-state index contributed by atoms with van der Waals surface area (Å²) in [6.45, 7) is 5.56. The van der Waals surface area contributed by atoms with Gasteiger partial charge in [-0.3, -0.25) is 4.99 Å². The van der Waals surface area contributed by atoms with Gasteiger partial charge >= 0.3 is 0 Å². The van der Waals surface area contributed by atoms with Crippen LogP contribution in [0.3, 0.4) is 0 Å². The molecule has 0 N–H and O–H groups in total. The third-order valence-electron chi connectivity index (χ3n) is 5.44. The first-order chi connectivity index (χ1) is 13.8. The Hall–Kier alpha value is -2.46. The number of rotatable bonds is 5. The monoisotopic (exact) mass is 375 g/mol. The van der Waals surface area contributed by atoms with Gasteiger partial charge in [-0.25, -0.2) is 4.99 Å². The first-order valence-electron chi connectivity index (χ1n) is 10.5. The van der Waals surface area contributed by atoms with Crippen molar-refractivity contribution in [3.8, 4) is 0 Å². The molecule has 146 valence electrons. The van der Waals surface area contributed by atoms with Crippen LogP contribution in [0.4, 0.5) is 11.4 Å². The van der Waals surface area contributed by atoms with Crippen molar-refractivity contribution < 1.29 is 4.74 Å². The van der Waals surface area contributed by atoms with Crippen molar-refractivity contribution in [2.24, 2.45) is 9.98 Å². The van der Waals surface area contributed by atoms with Crippen molar-refractivity contribution >= 4 is 22.9 Å². The van der Waals surface area contributed by atoms with Crippen molar-refractivity contribution in [3.05, 3.63) is 59.7 Å². The molecule has 2 heterocycles. The van der Waals surface area contributed by atoms with Gasteiger partial charge in [0, 0.05) is 19.5 Å². The van der Waals surface area contributed by atoms with Gasteiger partial charge in [-0.2, -0.15) is 0 Å². The molecule has 0 saturated carbocycles. The van der Waals surface area contributed by atoms with Crippen LogP contribution in [0, 0.1) is 0 Å². The number of fused-ring (bicyclic) bond motifs is 1. The second-order valence-corrected chi connectivity index (χ2v) is 7.51. The number of aliphatic imine (C=N–C) groups is 2. The Bertz CT molecular complexity index is 848. The summed E-state index contributed by atoms with van der Waals surface area (Å²) >= 11 is 0. The number of unbranched alkanes of at least 4 members (excludes halogenated alkanes) is 2. The predicted molar refractivity (Wildman–Crippen MR) is 116 cm³/mol. The zero-order valence-electron chi connectivity index (χ0n) is 16.7. The van der Waals surface area contributed by atoms with Gasteiger partial charge in [0.15, 0.2) is 0 Å². The molecule has 2 aliphatic heterocycles. The number of para-hydroxylation sites is 2. The Morgan fingerprint density at radius 3 is 2.32 bits per heavy atom. The van der Waals surface area contributed by atoms with Gasteiger partial charge in [0.1, 0.15) is 5.84 Å². The summed E-state index contributed by atoms with van der Waals surface area (Å²) in [6, 6.07) is 17.2. The Balaban J connectivity index is 1.61. The fourth-order valence-electron chi connectivity index (χ4n) is 3.78. The van der Waals surface area contributed by atoms with Gasteiger partial charge < -0.3 is 9.64 Å². The summed E-state index contributed by atoms with van der Waals surface area (Å²) in [4.78, 5) is 12.3. The average molecular weight is 376 g/mol. The molecule has 28 heavy (non-hydrogen) atoms. The van der Waals surface area contributed by atoms with Crippen LogP contribution in [0.2, 0.25) is 0 Å². The Kier molecular flexibility index (Phi) is 6.17. The van der Waals surface area contributed by atoms with Crippen molar-refractivity contribution in [2.45, 2.75) is 39.0 Å². The first kappa shape index (κ1) is 18.9. The molecular formula is C24H29N3O. The van der Waals surface area contributed by atoms with Gasteiger partial charge in [-0.05, 0) is 36.1 Å². The number of amidine groups is 1. The van der Waals surface area contributed by atoms with E-state index in [0.29, 0.717) is 0 Å². The van der Waals surface area contributed by atoms with E-state index in [0.717, 1.165) is 62.1 Å². The Morgan fingerprint density at radius 1 is 0.893 bits per heavy atom. The number of benzene rings is 2. The lowest BCUT2D eigenvalue weighted by atomic mass is 10.0. The highest BCUT2D eigenvalue weighted by molar-refractivity contribution is 6.14. The number of hydrogen-bond donors (Lipinski definition) is 0. The molecule has 0 atom stereocenters. The first-order valence-corrected chi connectivity index (χ1v) is 10.5. The summed E-state index contributed by atoms with van der Waals surface area (Å²) in [7, 11) is 0. The highest BCUT2D eigenvalue weighted by Crippen LogP contribution is 2.32. The minimum Gasteiger partial charge on any atom is -0.378 e. The predicted octanol–water partition coefficient (Wildman–Crippen LogP) is 5.31. The molecule has 0 amide bonds. The maximum Gasteiger partial charge on any atom is 0.111 e. The molecule has 4 heteroatoms. The van der Waals surface area contributed by atoms with E-state index in [9.17, 15) is 0 Å². The summed E-state index contributed by atoms with van der Waals surface area (Å²) in [5.74, 6) is 1.10.